The van der Waals surface area contributed by atoms with E-state index in [0.717, 1.165) is 4.88 Å². The molecule has 7 nitrogen and oxygen atoms in total. The summed E-state index contributed by atoms with van der Waals surface area (Å²) < 4.78 is 0. The number of amides is 1. The van der Waals surface area contributed by atoms with Crippen LogP contribution < -0.4 is 5.32 Å². The summed E-state index contributed by atoms with van der Waals surface area (Å²) in [7, 11) is 0. The molecule has 0 fully saturated rings. The number of ketones is 1. The zero-order valence-corrected chi connectivity index (χ0v) is 13.8. The summed E-state index contributed by atoms with van der Waals surface area (Å²) in [6, 6.07) is 10.6. The van der Waals surface area contributed by atoms with E-state index in [1.54, 1.807) is 31.2 Å². The van der Waals surface area contributed by atoms with Crippen LogP contribution in [0.15, 0.2) is 41.8 Å². The van der Waals surface area contributed by atoms with Gasteiger partial charge in [0.2, 0.25) is 11.7 Å². The molecule has 1 aromatic carbocycles. The lowest BCUT2D eigenvalue weighted by Gasteiger charge is -2.04. The first-order valence-corrected chi connectivity index (χ1v) is 8.28. The topological polar surface area (TPSA) is 89.8 Å². The van der Waals surface area contributed by atoms with Crippen molar-refractivity contribution in [1.29, 1.82) is 0 Å². The predicted octanol–water partition coefficient (Wildman–Crippen LogP) is 2.63. The van der Waals surface area contributed by atoms with Crippen molar-refractivity contribution in [3.8, 4) is 10.7 Å². The summed E-state index contributed by atoms with van der Waals surface area (Å²) in [5.41, 5.74) is 1.19. The van der Waals surface area contributed by atoms with Crippen molar-refractivity contribution >= 4 is 28.7 Å². The fourth-order valence-electron chi connectivity index (χ4n) is 2.02. The van der Waals surface area contributed by atoms with Gasteiger partial charge >= 0.3 is 0 Å². The third-order valence-electron chi connectivity index (χ3n) is 3.29. The second-order valence-electron chi connectivity index (χ2n) is 5.02. The Labute approximate surface area is 142 Å². The highest BCUT2D eigenvalue weighted by molar-refractivity contribution is 7.13. The molecule has 0 saturated heterocycles. The maximum absolute atomic E-state index is 12.3. The van der Waals surface area contributed by atoms with Gasteiger partial charge in [0, 0.05) is 17.7 Å². The normalized spacial score (nSPS) is 10.5. The molecule has 0 aliphatic carbocycles. The minimum absolute atomic E-state index is 0.0129. The Morgan fingerprint density at radius 3 is 2.67 bits per heavy atom. The lowest BCUT2D eigenvalue weighted by Crippen LogP contribution is -2.13. The Kier molecular flexibility index (Phi) is 4.76. The fourth-order valence-corrected chi connectivity index (χ4v) is 2.67. The third kappa shape index (κ3) is 3.72. The van der Waals surface area contributed by atoms with Crippen LogP contribution >= 0.6 is 11.3 Å². The average molecular weight is 341 g/mol. The minimum atomic E-state index is -0.126. The number of nitrogens with zero attached hydrogens (tertiary/aromatic N) is 4. The molecule has 3 rings (SSSR count). The van der Waals surface area contributed by atoms with E-state index in [2.05, 4.69) is 20.7 Å². The van der Waals surface area contributed by atoms with Gasteiger partial charge in [0.15, 0.2) is 5.78 Å². The highest BCUT2D eigenvalue weighted by Gasteiger charge is 2.12. The van der Waals surface area contributed by atoms with Gasteiger partial charge in [0.1, 0.15) is 6.54 Å². The van der Waals surface area contributed by atoms with Gasteiger partial charge in [-0.3, -0.25) is 9.59 Å². The molecule has 1 N–H and O–H groups in total. The third-order valence-corrected chi connectivity index (χ3v) is 4.16. The van der Waals surface area contributed by atoms with Crippen LogP contribution in [0, 0.1) is 0 Å². The number of Topliss-reactive ketones (excluding diaryl/α,β-unsaturated/α-hetero) is 1. The van der Waals surface area contributed by atoms with Crippen LogP contribution in [0.1, 0.15) is 23.7 Å². The number of rotatable bonds is 6. The van der Waals surface area contributed by atoms with Gasteiger partial charge in [-0.05, 0) is 40.9 Å². The van der Waals surface area contributed by atoms with E-state index in [-0.39, 0.29) is 18.2 Å². The molecule has 24 heavy (non-hydrogen) atoms. The quantitative estimate of drug-likeness (QED) is 0.696. The first-order valence-electron chi connectivity index (χ1n) is 7.40. The number of hydrogen-bond donors (Lipinski definition) is 1. The molecule has 2 aromatic heterocycles. The average Bonchev–Trinajstić information content (AvgIpc) is 3.26. The maximum atomic E-state index is 12.3. The summed E-state index contributed by atoms with van der Waals surface area (Å²) >= 11 is 1.52. The highest BCUT2D eigenvalue weighted by atomic mass is 32.1. The van der Waals surface area contributed by atoms with Gasteiger partial charge in [0.25, 0.3) is 0 Å². The molecule has 8 heteroatoms. The molecule has 3 aromatic rings. The van der Waals surface area contributed by atoms with Crippen LogP contribution in [0.5, 0.6) is 0 Å². The van der Waals surface area contributed by atoms with E-state index in [4.69, 9.17) is 0 Å². The SMILES string of the molecule is CCC(=O)Nc1ccc(C(=O)Cn2nnc(-c3cccs3)n2)cc1. The van der Waals surface area contributed by atoms with Crippen LogP contribution in [0.3, 0.4) is 0 Å². The molecule has 2 heterocycles. The molecule has 122 valence electrons. The van der Waals surface area contributed by atoms with Crippen molar-refractivity contribution in [2.24, 2.45) is 0 Å². The van der Waals surface area contributed by atoms with E-state index in [9.17, 15) is 9.59 Å². The van der Waals surface area contributed by atoms with E-state index < -0.39 is 0 Å². The van der Waals surface area contributed by atoms with Crippen LogP contribution in [0.4, 0.5) is 5.69 Å². The summed E-state index contributed by atoms with van der Waals surface area (Å²) in [5, 5.41) is 16.7. The number of thiophene rings is 1. The second kappa shape index (κ2) is 7.14. The van der Waals surface area contributed by atoms with Crippen molar-refractivity contribution in [2.75, 3.05) is 5.32 Å². The molecule has 0 saturated carbocycles. The number of aromatic nitrogens is 4. The number of anilines is 1. The predicted molar refractivity (Wildman–Crippen MR) is 90.8 cm³/mol. The fraction of sp³-hybridized carbons (Fsp3) is 0.188. The molecule has 0 unspecified atom stereocenters. The maximum Gasteiger partial charge on any atom is 0.224 e. The van der Waals surface area contributed by atoms with Crippen LogP contribution in [-0.4, -0.2) is 31.9 Å². The standard InChI is InChI=1S/C16H15N5O2S/c1-2-15(23)17-12-7-5-11(6-8-12)13(22)10-21-19-16(18-20-21)14-4-3-9-24-14/h3-9H,2,10H2,1H3,(H,17,23). The van der Waals surface area contributed by atoms with Crippen molar-refractivity contribution in [3.63, 3.8) is 0 Å². The number of hydrogen-bond acceptors (Lipinski definition) is 6. The molecular formula is C16H15N5O2S. The zero-order valence-electron chi connectivity index (χ0n) is 13.0. The van der Waals surface area contributed by atoms with Crippen molar-refractivity contribution in [2.45, 2.75) is 19.9 Å². The van der Waals surface area contributed by atoms with E-state index in [1.807, 2.05) is 17.5 Å². The van der Waals surface area contributed by atoms with Crippen LogP contribution in [0.25, 0.3) is 10.7 Å². The number of carbonyl (C=O) groups excluding carboxylic acids is 2. The lowest BCUT2D eigenvalue weighted by molar-refractivity contribution is -0.115. The molecule has 0 spiro atoms. The summed E-state index contributed by atoms with van der Waals surface area (Å²) in [6.07, 6.45) is 0.408. The van der Waals surface area contributed by atoms with Crippen molar-refractivity contribution in [3.05, 3.63) is 47.3 Å². The zero-order chi connectivity index (χ0) is 16.9. The summed E-state index contributed by atoms with van der Waals surface area (Å²) in [6.45, 7) is 1.79. The van der Waals surface area contributed by atoms with Crippen molar-refractivity contribution < 1.29 is 9.59 Å². The molecule has 0 atom stereocenters. The largest absolute Gasteiger partial charge is 0.326 e. The Morgan fingerprint density at radius 1 is 1.21 bits per heavy atom. The van der Waals surface area contributed by atoms with Gasteiger partial charge in [-0.2, -0.15) is 4.80 Å². The summed E-state index contributed by atoms with van der Waals surface area (Å²) in [4.78, 5) is 25.8. The Hall–Kier alpha value is -2.87. The Morgan fingerprint density at radius 2 is 2.00 bits per heavy atom. The lowest BCUT2D eigenvalue weighted by atomic mass is 10.1. The van der Waals surface area contributed by atoms with Crippen LogP contribution in [0.2, 0.25) is 0 Å². The van der Waals surface area contributed by atoms with Gasteiger partial charge in [-0.15, -0.1) is 21.5 Å². The first kappa shape index (κ1) is 16.0. The monoisotopic (exact) mass is 341 g/mol. The minimum Gasteiger partial charge on any atom is -0.326 e. The van der Waals surface area contributed by atoms with Gasteiger partial charge < -0.3 is 5.32 Å². The number of benzene rings is 1. The first-order chi connectivity index (χ1) is 11.7. The Bertz CT molecular complexity index is 840. The molecule has 0 aliphatic rings. The van der Waals surface area contributed by atoms with Gasteiger partial charge in [0.05, 0.1) is 4.88 Å². The summed E-state index contributed by atoms with van der Waals surface area (Å²) in [5.74, 6) is 0.316. The highest BCUT2D eigenvalue weighted by Crippen LogP contribution is 2.19. The Balaban J connectivity index is 1.65. The van der Waals surface area contributed by atoms with Gasteiger partial charge in [-0.25, -0.2) is 0 Å². The number of nitrogens with one attached hydrogen (secondary N) is 1. The number of tetrazole rings is 1. The van der Waals surface area contributed by atoms with Gasteiger partial charge in [-0.1, -0.05) is 13.0 Å². The molecule has 1 amide bonds. The molecule has 0 aliphatic heterocycles. The van der Waals surface area contributed by atoms with Crippen LogP contribution in [-0.2, 0) is 11.3 Å². The number of carbonyl (C=O) groups is 2. The second-order valence-corrected chi connectivity index (χ2v) is 5.97. The van der Waals surface area contributed by atoms with Crippen molar-refractivity contribution in [1.82, 2.24) is 20.2 Å². The van der Waals surface area contributed by atoms with E-state index in [1.165, 1.54) is 16.1 Å². The smallest absolute Gasteiger partial charge is 0.224 e. The van der Waals surface area contributed by atoms with E-state index >= 15 is 0 Å². The molecular weight excluding hydrogens is 326 g/mol. The van der Waals surface area contributed by atoms with E-state index in [0.29, 0.717) is 23.5 Å². The molecule has 0 bridgehead atoms. The molecule has 0 radical (unpaired) electrons.